The molecule has 132 valence electrons. The number of amides is 1. The van der Waals surface area contributed by atoms with Crippen molar-refractivity contribution in [2.24, 2.45) is 5.73 Å². The Kier molecular flexibility index (Phi) is 5.63. The van der Waals surface area contributed by atoms with Crippen LogP contribution in [0.25, 0.3) is 0 Å². The van der Waals surface area contributed by atoms with E-state index < -0.39 is 6.04 Å². The first kappa shape index (κ1) is 17.4. The number of nitrogens with two attached hydrogens (primary N) is 1. The van der Waals surface area contributed by atoms with Crippen molar-refractivity contribution in [3.63, 3.8) is 0 Å². The molecular formula is C19H25N5O. The lowest BCUT2D eigenvalue weighted by Crippen LogP contribution is -2.46. The lowest BCUT2D eigenvalue weighted by molar-refractivity contribution is -0.117. The number of hydrogen-bond acceptors (Lipinski definition) is 5. The fraction of sp³-hybridized carbons (Fsp3) is 0.368. The van der Waals surface area contributed by atoms with Crippen LogP contribution in [0, 0.1) is 0 Å². The molecule has 1 atom stereocenters. The number of nitrogens with one attached hydrogen (secondary N) is 1. The zero-order chi connectivity index (χ0) is 17.6. The first-order valence-electron chi connectivity index (χ1n) is 8.65. The lowest BCUT2D eigenvalue weighted by Gasteiger charge is -2.35. The van der Waals surface area contributed by atoms with Gasteiger partial charge in [-0.25, -0.2) is 4.98 Å². The Bertz CT molecular complexity index is 679. The SMILES string of the molecule is CC(N)C(=O)Nc1ccc(CN2CCN(c3ccccn3)CC2)cc1. The summed E-state index contributed by atoms with van der Waals surface area (Å²) in [6.07, 6.45) is 1.84. The second-order valence-electron chi connectivity index (χ2n) is 6.43. The van der Waals surface area contributed by atoms with E-state index in [1.807, 2.05) is 30.5 Å². The molecular weight excluding hydrogens is 314 g/mol. The highest BCUT2D eigenvalue weighted by atomic mass is 16.2. The van der Waals surface area contributed by atoms with Gasteiger partial charge in [-0.1, -0.05) is 18.2 Å². The van der Waals surface area contributed by atoms with Gasteiger partial charge in [-0.2, -0.15) is 0 Å². The van der Waals surface area contributed by atoms with Crippen LogP contribution in [0.1, 0.15) is 12.5 Å². The Hall–Kier alpha value is -2.44. The van der Waals surface area contributed by atoms with E-state index in [1.54, 1.807) is 6.92 Å². The van der Waals surface area contributed by atoms with Gasteiger partial charge in [0.2, 0.25) is 5.91 Å². The van der Waals surface area contributed by atoms with Crippen molar-refractivity contribution in [3.8, 4) is 0 Å². The van der Waals surface area contributed by atoms with Crippen LogP contribution in [-0.4, -0.2) is 48.0 Å². The summed E-state index contributed by atoms with van der Waals surface area (Å²) in [6, 6.07) is 13.5. The third-order valence-corrected chi connectivity index (χ3v) is 4.39. The molecule has 6 nitrogen and oxygen atoms in total. The number of hydrogen-bond donors (Lipinski definition) is 2. The minimum atomic E-state index is -0.505. The number of pyridine rings is 1. The van der Waals surface area contributed by atoms with Crippen molar-refractivity contribution in [1.29, 1.82) is 0 Å². The fourth-order valence-electron chi connectivity index (χ4n) is 2.88. The summed E-state index contributed by atoms with van der Waals surface area (Å²) in [6.45, 7) is 6.59. The second kappa shape index (κ2) is 8.09. The van der Waals surface area contributed by atoms with E-state index in [1.165, 1.54) is 5.56 Å². The number of anilines is 2. The number of rotatable bonds is 5. The Morgan fingerprint density at radius 3 is 2.48 bits per heavy atom. The molecule has 1 aliphatic heterocycles. The molecule has 6 heteroatoms. The van der Waals surface area contributed by atoms with E-state index in [0.717, 1.165) is 44.2 Å². The van der Waals surface area contributed by atoms with Gasteiger partial charge in [0, 0.05) is 44.6 Å². The largest absolute Gasteiger partial charge is 0.354 e. The molecule has 1 amide bonds. The monoisotopic (exact) mass is 339 g/mol. The number of piperazine rings is 1. The van der Waals surface area contributed by atoms with E-state index in [-0.39, 0.29) is 5.91 Å². The maximum atomic E-state index is 11.6. The molecule has 1 saturated heterocycles. The van der Waals surface area contributed by atoms with Gasteiger partial charge in [0.1, 0.15) is 5.82 Å². The van der Waals surface area contributed by atoms with Crippen molar-refractivity contribution in [3.05, 3.63) is 54.2 Å². The van der Waals surface area contributed by atoms with Crippen molar-refractivity contribution < 1.29 is 4.79 Å². The van der Waals surface area contributed by atoms with Crippen molar-refractivity contribution in [2.45, 2.75) is 19.5 Å². The predicted molar refractivity (Wildman–Crippen MR) is 100 cm³/mol. The molecule has 0 radical (unpaired) electrons. The molecule has 3 N–H and O–H groups in total. The average molecular weight is 339 g/mol. The summed E-state index contributed by atoms with van der Waals surface area (Å²) in [5.74, 6) is 0.884. The first-order valence-corrected chi connectivity index (χ1v) is 8.65. The van der Waals surface area contributed by atoms with Crippen LogP contribution in [0.5, 0.6) is 0 Å². The Labute approximate surface area is 148 Å². The van der Waals surface area contributed by atoms with E-state index in [2.05, 4.69) is 38.3 Å². The molecule has 1 unspecified atom stereocenters. The predicted octanol–water partition coefficient (Wildman–Crippen LogP) is 1.69. The van der Waals surface area contributed by atoms with Crippen LogP contribution in [0.15, 0.2) is 48.7 Å². The highest BCUT2D eigenvalue weighted by Crippen LogP contribution is 2.16. The number of carbonyl (C=O) groups is 1. The molecule has 1 fully saturated rings. The summed E-state index contributed by atoms with van der Waals surface area (Å²) in [4.78, 5) is 20.8. The summed E-state index contributed by atoms with van der Waals surface area (Å²) in [5.41, 5.74) is 7.59. The van der Waals surface area contributed by atoms with Gasteiger partial charge >= 0.3 is 0 Å². The average Bonchev–Trinajstić information content (AvgIpc) is 2.64. The van der Waals surface area contributed by atoms with Crippen LogP contribution in [0.4, 0.5) is 11.5 Å². The quantitative estimate of drug-likeness (QED) is 0.867. The van der Waals surface area contributed by atoms with Gasteiger partial charge in [0.05, 0.1) is 6.04 Å². The standard InChI is InChI=1S/C19H25N5O/c1-15(20)19(25)22-17-7-5-16(6-8-17)14-23-10-12-24(13-11-23)18-4-2-3-9-21-18/h2-9,15H,10-14,20H2,1H3,(H,22,25). The minimum absolute atomic E-state index is 0.168. The van der Waals surface area contributed by atoms with Crippen LogP contribution in [0.3, 0.4) is 0 Å². The summed E-state index contributed by atoms with van der Waals surface area (Å²) < 4.78 is 0. The molecule has 2 heterocycles. The van der Waals surface area contributed by atoms with Crippen LogP contribution >= 0.6 is 0 Å². The number of carbonyl (C=O) groups excluding carboxylic acids is 1. The van der Waals surface area contributed by atoms with Crippen molar-refractivity contribution >= 4 is 17.4 Å². The van der Waals surface area contributed by atoms with Crippen molar-refractivity contribution in [1.82, 2.24) is 9.88 Å². The third-order valence-electron chi connectivity index (χ3n) is 4.39. The molecule has 1 aromatic heterocycles. The van der Waals surface area contributed by atoms with E-state index >= 15 is 0 Å². The van der Waals surface area contributed by atoms with Gasteiger partial charge in [0.25, 0.3) is 0 Å². The molecule has 2 aromatic rings. The Morgan fingerprint density at radius 1 is 1.16 bits per heavy atom. The smallest absolute Gasteiger partial charge is 0.240 e. The minimum Gasteiger partial charge on any atom is -0.354 e. The van der Waals surface area contributed by atoms with Gasteiger partial charge < -0.3 is 16.0 Å². The summed E-state index contributed by atoms with van der Waals surface area (Å²) in [5, 5.41) is 2.81. The van der Waals surface area contributed by atoms with Crippen LogP contribution in [-0.2, 0) is 11.3 Å². The van der Waals surface area contributed by atoms with Crippen LogP contribution < -0.4 is 16.0 Å². The molecule has 1 aliphatic rings. The highest BCUT2D eigenvalue weighted by molar-refractivity contribution is 5.94. The molecule has 0 spiro atoms. The van der Waals surface area contributed by atoms with E-state index in [4.69, 9.17) is 5.73 Å². The topological polar surface area (TPSA) is 74.5 Å². The second-order valence-corrected chi connectivity index (χ2v) is 6.43. The molecule has 0 aliphatic carbocycles. The van der Waals surface area contributed by atoms with Crippen LogP contribution in [0.2, 0.25) is 0 Å². The molecule has 25 heavy (non-hydrogen) atoms. The summed E-state index contributed by atoms with van der Waals surface area (Å²) in [7, 11) is 0. The normalized spacial score (nSPS) is 16.5. The van der Waals surface area contributed by atoms with E-state index in [0.29, 0.717) is 0 Å². The first-order chi connectivity index (χ1) is 12.1. The molecule has 1 aromatic carbocycles. The molecule has 3 rings (SSSR count). The van der Waals surface area contributed by atoms with E-state index in [9.17, 15) is 4.79 Å². The Morgan fingerprint density at radius 2 is 1.88 bits per heavy atom. The lowest BCUT2D eigenvalue weighted by atomic mass is 10.1. The fourth-order valence-corrected chi connectivity index (χ4v) is 2.88. The van der Waals surface area contributed by atoms with Gasteiger partial charge in [0.15, 0.2) is 0 Å². The van der Waals surface area contributed by atoms with Gasteiger partial charge in [-0.05, 0) is 36.8 Å². The Balaban J connectivity index is 1.50. The summed E-state index contributed by atoms with van der Waals surface area (Å²) >= 11 is 0. The van der Waals surface area contributed by atoms with Gasteiger partial charge in [-0.3, -0.25) is 9.69 Å². The third kappa shape index (κ3) is 4.78. The zero-order valence-corrected chi connectivity index (χ0v) is 14.6. The van der Waals surface area contributed by atoms with Crippen molar-refractivity contribution in [2.75, 3.05) is 36.4 Å². The highest BCUT2D eigenvalue weighted by Gasteiger charge is 2.17. The number of nitrogens with zero attached hydrogens (tertiary/aromatic N) is 3. The number of aromatic nitrogens is 1. The molecule has 0 saturated carbocycles. The zero-order valence-electron chi connectivity index (χ0n) is 14.6. The number of benzene rings is 1. The van der Waals surface area contributed by atoms with Gasteiger partial charge in [-0.15, -0.1) is 0 Å². The molecule has 0 bridgehead atoms. The maximum absolute atomic E-state index is 11.6. The maximum Gasteiger partial charge on any atom is 0.240 e.